The Morgan fingerprint density at radius 2 is 1.55 bits per heavy atom. The number of benzene rings is 3. The van der Waals surface area contributed by atoms with Crippen molar-refractivity contribution in [1.29, 1.82) is 0 Å². The van der Waals surface area contributed by atoms with E-state index >= 15 is 0 Å². The second-order valence-electron chi connectivity index (χ2n) is 7.81. The number of ether oxygens (including phenoxy) is 1. The molecule has 0 radical (unpaired) electrons. The second kappa shape index (κ2) is 9.48. The molecule has 0 aliphatic carbocycles. The van der Waals surface area contributed by atoms with E-state index in [1.165, 1.54) is 0 Å². The molecule has 1 N–H and O–H groups in total. The Kier molecular flexibility index (Phi) is 6.31. The van der Waals surface area contributed by atoms with Crippen molar-refractivity contribution in [3.63, 3.8) is 0 Å². The molecule has 7 heteroatoms. The summed E-state index contributed by atoms with van der Waals surface area (Å²) in [6.07, 6.45) is 0. The lowest BCUT2D eigenvalue weighted by atomic mass is 10.0. The Morgan fingerprint density at radius 3 is 2.27 bits per heavy atom. The number of para-hydroxylation sites is 2. The first-order chi connectivity index (χ1) is 16.0. The van der Waals surface area contributed by atoms with Gasteiger partial charge in [-0.05, 0) is 35.7 Å². The topological polar surface area (TPSA) is 90.3 Å². The summed E-state index contributed by atoms with van der Waals surface area (Å²) in [6, 6.07) is 23.0. The first kappa shape index (κ1) is 22.0. The molecule has 1 amide bonds. The molecule has 33 heavy (non-hydrogen) atoms. The van der Waals surface area contributed by atoms with Crippen molar-refractivity contribution in [2.24, 2.45) is 0 Å². The van der Waals surface area contributed by atoms with Gasteiger partial charge in [-0.1, -0.05) is 68.4 Å². The number of aromatic nitrogens is 2. The third kappa shape index (κ3) is 4.67. The van der Waals surface area contributed by atoms with Gasteiger partial charge in [-0.2, -0.15) is 9.78 Å². The third-order valence-corrected chi connectivity index (χ3v) is 5.19. The minimum atomic E-state index is -0.789. The van der Waals surface area contributed by atoms with Crippen molar-refractivity contribution in [3.8, 4) is 5.69 Å². The molecule has 0 saturated carbocycles. The highest BCUT2D eigenvalue weighted by Gasteiger charge is 2.20. The van der Waals surface area contributed by atoms with Crippen molar-refractivity contribution < 1.29 is 14.3 Å². The lowest BCUT2D eigenvalue weighted by Gasteiger charge is -2.14. The summed E-state index contributed by atoms with van der Waals surface area (Å²) >= 11 is 0. The quantitative estimate of drug-likeness (QED) is 0.451. The normalized spacial score (nSPS) is 10.9. The van der Waals surface area contributed by atoms with E-state index in [4.69, 9.17) is 4.74 Å². The highest BCUT2D eigenvalue weighted by atomic mass is 16.5. The molecule has 3 aromatic carbocycles. The van der Waals surface area contributed by atoms with Gasteiger partial charge in [0.2, 0.25) is 0 Å². The lowest BCUT2D eigenvalue weighted by Crippen LogP contribution is -2.27. The first-order valence-corrected chi connectivity index (χ1v) is 10.6. The predicted molar refractivity (Wildman–Crippen MR) is 127 cm³/mol. The average molecular weight is 441 g/mol. The van der Waals surface area contributed by atoms with Crippen LogP contribution >= 0.6 is 0 Å². The maximum absolute atomic E-state index is 12.9. The fourth-order valence-corrected chi connectivity index (χ4v) is 3.58. The molecule has 0 aliphatic heterocycles. The molecule has 4 rings (SSSR count). The van der Waals surface area contributed by atoms with Crippen LogP contribution in [-0.4, -0.2) is 28.3 Å². The van der Waals surface area contributed by atoms with Crippen molar-refractivity contribution in [2.45, 2.75) is 19.8 Å². The second-order valence-corrected chi connectivity index (χ2v) is 7.81. The summed E-state index contributed by atoms with van der Waals surface area (Å²) < 4.78 is 6.44. The zero-order valence-electron chi connectivity index (χ0n) is 18.3. The van der Waals surface area contributed by atoms with E-state index in [0.717, 1.165) is 10.2 Å². The largest absolute Gasteiger partial charge is 0.451 e. The number of rotatable bonds is 6. The first-order valence-electron chi connectivity index (χ1n) is 10.6. The Bertz CT molecular complexity index is 1380. The van der Waals surface area contributed by atoms with E-state index in [1.807, 2.05) is 38.1 Å². The SMILES string of the molecule is CC(C)c1ccccc1NC(=O)COC(=O)c1nn(-c2ccccc2)c(=O)c2ccccc12. The number of nitrogens with zero attached hydrogens (tertiary/aromatic N) is 2. The monoisotopic (exact) mass is 441 g/mol. The molecule has 0 aliphatic rings. The Hall–Kier alpha value is -4.26. The van der Waals surface area contributed by atoms with Crippen LogP contribution in [0.3, 0.4) is 0 Å². The number of hydrogen-bond acceptors (Lipinski definition) is 5. The zero-order valence-corrected chi connectivity index (χ0v) is 18.3. The minimum Gasteiger partial charge on any atom is -0.451 e. The summed E-state index contributed by atoms with van der Waals surface area (Å²) in [4.78, 5) is 38.3. The number of anilines is 1. The van der Waals surface area contributed by atoms with Gasteiger partial charge in [0, 0.05) is 11.1 Å². The molecule has 1 aromatic heterocycles. The number of nitrogens with one attached hydrogen (secondary N) is 1. The molecule has 0 atom stereocenters. The summed E-state index contributed by atoms with van der Waals surface area (Å²) in [5, 5.41) is 7.76. The number of carbonyl (C=O) groups excluding carboxylic acids is 2. The van der Waals surface area contributed by atoms with Crippen LogP contribution in [0.4, 0.5) is 5.69 Å². The lowest BCUT2D eigenvalue weighted by molar-refractivity contribution is -0.119. The van der Waals surface area contributed by atoms with Crippen molar-refractivity contribution >= 4 is 28.3 Å². The standard InChI is InChI=1S/C26H23N3O4/c1-17(2)19-12-8-9-15-22(19)27-23(30)16-33-26(32)24-20-13-6-7-14-21(20)25(31)29(28-24)18-10-4-3-5-11-18/h3-15,17H,16H2,1-2H3,(H,27,30). The van der Waals surface area contributed by atoms with Crippen LogP contribution in [0.5, 0.6) is 0 Å². The van der Waals surface area contributed by atoms with Crippen LogP contribution in [0.2, 0.25) is 0 Å². The maximum atomic E-state index is 12.9. The van der Waals surface area contributed by atoms with Crippen molar-refractivity contribution in [3.05, 3.63) is 100 Å². The number of esters is 1. The fourth-order valence-electron chi connectivity index (χ4n) is 3.58. The Labute approximate surface area is 190 Å². The van der Waals surface area contributed by atoms with Crippen molar-refractivity contribution in [1.82, 2.24) is 9.78 Å². The number of carbonyl (C=O) groups is 2. The summed E-state index contributed by atoms with van der Waals surface area (Å²) in [6.45, 7) is 3.58. The van der Waals surface area contributed by atoms with Gasteiger partial charge < -0.3 is 10.1 Å². The van der Waals surface area contributed by atoms with Crippen LogP contribution in [0, 0.1) is 0 Å². The van der Waals surface area contributed by atoms with Gasteiger partial charge in [-0.3, -0.25) is 9.59 Å². The van der Waals surface area contributed by atoms with Gasteiger partial charge in [0.15, 0.2) is 12.3 Å². The Morgan fingerprint density at radius 1 is 0.909 bits per heavy atom. The van der Waals surface area contributed by atoms with Crippen LogP contribution in [0.1, 0.15) is 35.8 Å². The molecule has 1 heterocycles. The molecular weight excluding hydrogens is 418 g/mol. The molecule has 166 valence electrons. The summed E-state index contributed by atoms with van der Waals surface area (Å²) in [7, 11) is 0. The van der Waals surface area contributed by atoms with E-state index in [1.54, 1.807) is 54.6 Å². The third-order valence-electron chi connectivity index (χ3n) is 5.19. The fraction of sp³-hybridized carbons (Fsp3) is 0.154. The van der Waals surface area contributed by atoms with E-state index < -0.39 is 18.5 Å². The summed E-state index contributed by atoms with van der Waals surface area (Å²) in [5.41, 5.74) is 1.79. The highest BCUT2D eigenvalue weighted by Crippen LogP contribution is 2.23. The summed E-state index contributed by atoms with van der Waals surface area (Å²) in [5.74, 6) is -1.03. The molecule has 4 aromatic rings. The van der Waals surface area contributed by atoms with Gasteiger partial charge >= 0.3 is 5.97 Å². The number of fused-ring (bicyclic) bond motifs is 1. The van der Waals surface area contributed by atoms with E-state index in [-0.39, 0.29) is 17.2 Å². The van der Waals surface area contributed by atoms with Crippen LogP contribution in [0.25, 0.3) is 16.5 Å². The smallest absolute Gasteiger partial charge is 0.359 e. The molecule has 0 bridgehead atoms. The van der Waals surface area contributed by atoms with Crippen LogP contribution < -0.4 is 10.9 Å². The minimum absolute atomic E-state index is 0.0376. The van der Waals surface area contributed by atoms with Gasteiger partial charge in [-0.15, -0.1) is 0 Å². The molecular formula is C26H23N3O4. The predicted octanol–water partition coefficient (Wildman–Crippen LogP) is 4.30. The van der Waals surface area contributed by atoms with Gasteiger partial charge in [0.05, 0.1) is 11.1 Å². The molecule has 0 unspecified atom stereocenters. The van der Waals surface area contributed by atoms with Crippen LogP contribution in [0.15, 0.2) is 83.7 Å². The van der Waals surface area contributed by atoms with Gasteiger partial charge in [-0.25, -0.2) is 4.79 Å². The van der Waals surface area contributed by atoms with E-state index in [9.17, 15) is 14.4 Å². The molecule has 0 fully saturated rings. The molecule has 0 saturated heterocycles. The molecule has 0 spiro atoms. The number of amides is 1. The maximum Gasteiger partial charge on any atom is 0.359 e. The Balaban J connectivity index is 1.59. The highest BCUT2D eigenvalue weighted by molar-refractivity contribution is 6.03. The zero-order chi connectivity index (χ0) is 23.4. The van der Waals surface area contributed by atoms with E-state index in [2.05, 4.69) is 10.4 Å². The van der Waals surface area contributed by atoms with Gasteiger partial charge in [0.1, 0.15) is 0 Å². The van der Waals surface area contributed by atoms with E-state index in [0.29, 0.717) is 22.1 Å². The average Bonchev–Trinajstić information content (AvgIpc) is 2.83. The number of hydrogen-bond donors (Lipinski definition) is 1. The van der Waals surface area contributed by atoms with Gasteiger partial charge in [0.25, 0.3) is 11.5 Å². The van der Waals surface area contributed by atoms with Crippen LogP contribution in [-0.2, 0) is 9.53 Å². The van der Waals surface area contributed by atoms with Crippen molar-refractivity contribution in [2.75, 3.05) is 11.9 Å². The molecule has 7 nitrogen and oxygen atoms in total.